The zero-order chi connectivity index (χ0) is 31.2. The van der Waals surface area contributed by atoms with E-state index in [0.29, 0.717) is 45.0 Å². The minimum atomic E-state index is -0.812. The Balaban J connectivity index is 1.26. The number of rotatable bonds is 8. The third kappa shape index (κ3) is 5.04. The van der Waals surface area contributed by atoms with Crippen LogP contribution in [-0.4, -0.2) is 61.7 Å². The normalized spacial score (nSPS) is 21.0. The third-order valence-electron chi connectivity index (χ3n) is 8.37. The van der Waals surface area contributed by atoms with Crippen molar-refractivity contribution in [2.45, 2.75) is 18.6 Å². The molecule has 3 aliphatic rings. The monoisotopic (exact) mass is 633 g/mol. The van der Waals surface area contributed by atoms with Crippen molar-refractivity contribution in [3.8, 4) is 40.0 Å². The summed E-state index contributed by atoms with van der Waals surface area (Å²) in [6.07, 6.45) is 0.832. The predicted molar refractivity (Wildman–Crippen MR) is 158 cm³/mol. The van der Waals surface area contributed by atoms with Crippen LogP contribution in [0.4, 0.5) is 0 Å². The minimum Gasteiger partial charge on any atom is -0.493 e. The summed E-state index contributed by atoms with van der Waals surface area (Å²) in [5, 5.41) is 8.83. The molecule has 0 amide bonds. The van der Waals surface area contributed by atoms with Crippen LogP contribution in [-0.2, 0) is 25.6 Å². The highest BCUT2D eigenvalue weighted by Crippen LogP contribution is 2.56. The molecule has 232 valence electrons. The molecule has 45 heavy (non-hydrogen) atoms. The highest BCUT2D eigenvalue weighted by Gasteiger charge is 2.54. The van der Waals surface area contributed by atoms with Crippen molar-refractivity contribution in [2.75, 3.05) is 34.7 Å². The van der Waals surface area contributed by atoms with Gasteiger partial charge in [-0.25, -0.2) is 4.68 Å². The topological polar surface area (TPSA) is 129 Å². The SMILES string of the molecule is COc1cc([C@@H]2c3cc4c(cc3[C@H](OC(=O)Cn3cc(-c5cccc(Cl)c5)nn3)[C@H]3COC(=O)[C@H]23)OCO4)cc(OC)c1OC. The van der Waals surface area contributed by atoms with Gasteiger partial charge in [-0.2, -0.15) is 0 Å². The Kier molecular flexibility index (Phi) is 7.36. The molecular formula is C32H28ClN3O9. The van der Waals surface area contributed by atoms with E-state index in [1.54, 1.807) is 18.3 Å². The summed E-state index contributed by atoms with van der Waals surface area (Å²) in [6.45, 7) is -0.0847. The van der Waals surface area contributed by atoms with Gasteiger partial charge in [0.15, 0.2) is 23.0 Å². The van der Waals surface area contributed by atoms with Crippen molar-refractivity contribution in [1.29, 1.82) is 0 Å². The molecule has 2 aliphatic heterocycles. The van der Waals surface area contributed by atoms with Crippen LogP contribution in [0, 0.1) is 11.8 Å². The highest BCUT2D eigenvalue weighted by molar-refractivity contribution is 6.30. The standard InChI is InChI=1S/C32H28ClN3O9/c1-39-25-8-17(9-26(40-2)31(25)41-3)28-19-10-23-24(44-15-43-23)11-20(19)30(21-14-42-32(38)29(21)28)45-27(37)13-36-12-22(34-35-36)16-5-4-6-18(33)7-16/h4-12,21,28-30H,13-15H2,1-3H3/t21-,28+,29-,30-/m0/s1. The van der Waals surface area contributed by atoms with Gasteiger partial charge in [-0.15, -0.1) is 5.10 Å². The molecule has 4 aromatic rings. The number of hydrogen-bond donors (Lipinski definition) is 0. The molecule has 1 aliphatic carbocycles. The average Bonchev–Trinajstić information content (AvgIpc) is 3.80. The predicted octanol–water partition coefficient (Wildman–Crippen LogP) is 4.57. The van der Waals surface area contributed by atoms with E-state index in [-0.39, 0.29) is 19.9 Å². The number of benzene rings is 3. The van der Waals surface area contributed by atoms with Crippen molar-refractivity contribution in [3.05, 3.63) is 76.4 Å². The summed E-state index contributed by atoms with van der Waals surface area (Å²) in [5.74, 6) is -0.285. The van der Waals surface area contributed by atoms with Gasteiger partial charge in [0.2, 0.25) is 12.5 Å². The second kappa shape index (κ2) is 11.5. The number of aromatic nitrogens is 3. The van der Waals surface area contributed by atoms with Gasteiger partial charge in [-0.05, 0) is 47.5 Å². The number of halogens is 1. The second-order valence-electron chi connectivity index (χ2n) is 10.8. The van der Waals surface area contributed by atoms with Crippen molar-refractivity contribution in [1.82, 2.24) is 15.0 Å². The summed E-state index contributed by atoms with van der Waals surface area (Å²) in [4.78, 5) is 26.8. The maximum absolute atomic E-state index is 13.4. The van der Waals surface area contributed by atoms with Gasteiger partial charge in [0, 0.05) is 28.0 Å². The van der Waals surface area contributed by atoms with Crippen molar-refractivity contribution >= 4 is 23.5 Å². The maximum atomic E-state index is 13.4. The van der Waals surface area contributed by atoms with Crippen LogP contribution >= 0.6 is 11.6 Å². The molecule has 0 N–H and O–H groups in total. The first kappa shape index (κ1) is 28.8. The number of esters is 2. The Bertz CT molecular complexity index is 1780. The first-order chi connectivity index (χ1) is 21.9. The number of hydrogen-bond acceptors (Lipinski definition) is 11. The highest BCUT2D eigenvalue weighted by atomic mass is 35.5. The molecule has 0 spiro atoms. The summed E-state index contributed by atoms with van der Waals surface area (Å²) in [5.41, 5.74) is 3.48. The zero-order valence-electron chi connectivity index (χ0n) is 24.5. The number of ether oxygens (including phenoxy) is 7. The van der Waals surface area contributed by atoms with Crippen molar-refractivity contribution in [2.24, 2.45) is 11.8 Å². The summed E-state index contributed by atoms with van der Waals surface area (Å²) >= 11 is 6.12. The van der Waals surface area contributed by atoms with E-state index in [4.69, 9.17) is 44.8 Å². The van der Waals surface area contributed by atoms with E-state index < -0.39 is 35.8 Å². The maximum Gasteiger partial charge on any atom is 0.328 e. The van der Waals surface area contributed by atoms with Gasteiger partial charge in [-0.3, -0.25) is 9.59 Å². The summed E-state index contributed by atoms with van der Waals surface area (Å²) in [6, 6.07) is 14.5. The smallest absolute Gasteiger partial charge is 0.328 e. The number of methoxy groups -OCH3 is 3. The lowest BCUT2D eigenvalue weighted by Gasteiger charge is -2.38. The van der Waals surface area contributed by atoms with Crippen LogP contribution in [0.25, 0.3) is 11.3 Å². The number of carbonyl (C=O) groups is 2. The van der Waals surface area contributed by atoms with Crippen LogP contribution < -0.4 is 23.7 Å². The van der Waals surface area contributed by atoms with Crippen LogP contribution in [0.3, 0.4) is 0 Å². The second-order valence-corrected chi connectivity index (χ2v) is 11.2. The lowest BCUT2D eigenvalue weighted by atomic mass is 9.66. The first-order valence-corrected chi connectivity index (χ1v) is 14.5. The van der Waals surface area contributed by atoms with Crippen molar-refractivity contribution < 1.29 is 42.7 Å². The van der Waals surface area contributed by atoms with Crippen molar-refractivity contribution in [3.63, 3.8) is 0 Å². The molecule has 7 rings (SSSR count). The lowest BCUT2D eigenvalue weighted by Crippen LogP contribution is -2.37. The number of carbonyl (C=O) groups excluding carboxylic acids is 2. The molecule has 0 unspecified atom stereocenters. The molecule has 4 atom stereocenters. The Morgan fingerprint density at radius 2 is 1.71 bits per heavy atom. The molecule has 1 aromatic heterocycles. The molecule has 3 heterocycles. The molecule has 0 radical (unpaired) electrons. The van der Waals surface area contributed by atoms with Gasteiger partial charge < -0.3 is 33.2 Å². The molecule has 0 bridgehead atoms. The van der Waals surface area contributed by atoms with E-state index in [2.05, 4.69) is 10.3 Å². The quantitative estimate of drug-likeness (QED) is 0.253. The number of fused-ring (bicyclic) bond motifs is 3. The molecule has 13 heteroatoms. The van der Waals surface area contributed by atoms with Gasteiger partial charge in [-0.1, -0.05) is 28.9 Å². The first-order valence-electron chi connectivity index (χ1n) is 14.1. The Labute approximate surface area is 262 Å². The fourth-order valence-corrected chi connectivity index (χ4v) is 6.60. The minimum absolute atomic E-state index is 0.0493. The van der Waals surface area contributed by atoms with Crippen LogP contribution in [0.5, 0.6) is 28.7 Å². The van der Waals surface area contributed by atoms with Gasteiger partial charge in [0.25, 0.3) is 0 Å². The van der Waals surface area contributed by atoms with E-state index in [9.17, 15) is 9.59 Å². The molecule has 0 saturated carbocycles. The molecular weight excluding hydrogens is 606 g/mol. The Hall–Kier alpha value is -4.97. The molecule has 12 nitrogen and oxygen atoms in total. The van der Waals surface area contributed by atoms with Gasteiger partial charge >= 0.3 is 11.9 Å². The van der Waals surface area contributed by atoms with Gasteiger partial charge in [0.1, 0.15) is 18.3 Å². The van der Waals surface area contributed by atoms with Crippen LogP contribution in [0.15, 0.2) is 54.7 Å². The Morgan fingerprint density at radius 1 is 0.978 bits per heavy atom. The number of nitrogens with zero attached hydrogens (tertiary/aromatic N) is 3. The summed E-state index contributed by atoms with van der Waals surface area (Å²) < 4.78 is 41.3. The van der Waals surface area contributed by atoms with E-state index in [1.807, 2.05) is 36.4 Å². The van der Waals surface area contributed by atoms with E-state index >= 15 is 0 Å². The molecule has 1 fully saturated rings. The molecule has 1 saturated heterocycles. The zero-order valence-corrected chi connectivity index (χ0v) is 25.3. The largest absolute Gasteiger partial charge is 0.493 e. The average molecular weight is 634 g/mol. The molecule has 3 aromatic carbocycles. The fraction of sp³-hybridized carbons (Fsp3) is 0.312. The van der Waals surface area contributed by atoms with Gasteiger partial charge in [0.05, 0.1) is 40.1 Å². The third-order valence-corrected chi connectivity index (χ3v) is 8.61. The summed E-state index contributed by atoms with van der Waals surface area (Å²) in [7, 11) is 4.59. The van der Waals surface area contributed by atoms with Crippen LogP contribution in [0.2, 0.25) is 5.02 Å². The van der Waals surface area contributed by atoms with Crippen LogP contribution in [0.1, 0.15) is 28.7 Å². The van der Waals surface area contributed by atoms with E-state index in [1.165, 1.54) is 26.0 Å². The fourth-order valence-electron chi connectivity index (χ4n) is 6.41. The Morgan fingerprint density at radius 3 is 2.40 bits per heavy atom. The van der Waals surface area contributed by atoms with E-state index in [0.717, 1.165) is 16.7 Å². The number of cyclic esters (lactones) is 1. The lowest BCUT2D eigenvalue weighted by molar-refractivity contribution is -0.155.